The number of hydrogen-bond acceptors (Lipinski definition) is 3. The molecule has 0 N–H and O–H groups in total. The van der Waals surface area contributed by atoms with E-state index in [2.05, 4.69) is 77.2 Å². The number of thiophene rings is 1. The predicted molar refractivity (Wildman–Crippen MR) is 178 cm³/mol. The summed E-state index contributed by atoms with van der Waals surface area (Å²) in [6.45, 7) is 0. The summed E-state index contributed by atoms with van der Waals surface area (Å²) in [6.07, 6.45) is 0. The Morgan fingerprint density at radius 3 is 1.70 bits per heavy atom. The average molecular weight is 568 g/mol. The molecule has 0 spiro atoms. The molecule has 6 aromatic carbocycles. The summed E-state index contributed by atoms with van der Waals surface area (Å²) >= 11 is 1.64. The summed E-state index contributed by atoms with van der Waals surface area (Å²) in [5.74, 6) is 0. The van der Waals surface area contributed by atoms with E-state index in [-0.39, 0.29) is 10.9 Å². The van der Waals surface area contributed by atoms with Crippen molar-refractivity contribution < 1.29 is 0 Å². The van der Waals surface area contributed by atoms with Crippen LogP contribution >= 0.6 is 11.3 Å². The first kappa shape index (κ1) is 23.3. The molecule has 1 aliphatic heterocycles. The molecule has 43 heavy (non-hydrogen) atoms. The highest BCUT2D eigenvalue weighted by Gasteiger charge is 2.44. The fourth-order valence-electron chi connectivity index (χ4n) is 7.93. The van der Waals surface area contributed by atoms with Gasteiger partial charge in [-0.2, -0.15) is 0 Å². The molecular weight excluding hydrogens is 547 g/mol. The number of hydrogen-bond donors (Lipinski definition) is 0. The lowest BCUT2D eigenvalue weighted by atomic mass is 9.63. The van der Waals surface area contributed by atoms with E-state index in [0.29, 0.717) is 21.5 Å². The molecule has 0 aliphatic carbocycles. The van der Waals surface area contributed by atoms with Gasteiger partial charge in [-0.1, -0.05) is 103 Å². The molecule has 0 radical (unpaired) electrons. The van der Waals surface area contributed by atoms with Crippen molar-refractivity contribution >= 4 is 69.6 Å². The van der Waals surface area contributed by atoms with E-state index in [4.69, 9.17) is 0 Å². The Morgan fingerprint density at radius 1 is 0.488 bits per heavy atom. The van der Waals surface area contributed by atoms with Crippen molar-refractivity contribution in [2.75, 3.05) is 0 Å². The van der Waals surface area contributed by atoms with Crippen LogP contribution in [0.2, 0.25) is 0 Å². The van der Waals surface area contributed by atoms with Crippen molar-refractivity contribution in [3.63, 3.8) is 0 Å². The van der Waals surface area contributed by atoms with E-state index >= 15 is 0 Å². The number of rotatable bonds is 2. The number of aromatic nitrogens is 1. The molecule has 0 bridgehead atoms. The van der Waals surface area contributed by atoms with Crippen LogP contribution in [0.4, 0.5) is 0 Å². The number of para-hydroxylation sites is 2. The molecule has 200 valence electrons. The topological polar surface area (TPSA) is 38.5 Å². The van der Waals surface area contributed by atoms with Crippen LogP contribution in [-0.2, 0) is 5.41 Å². The summed E-state index contributed by atoms with van der Waals surface area (Å²) in [5.41, 5.74) is 5.98. The summed E-state index contributed by atoms with van der Waals surface area (Å²) in [6, 6.07) is 43.5. The first-order chi connectivity index (χ1) is 21.2. The minimum absolute atomic E-state index is 0.0211. The quantitative estimate of drug-likeness (QED) is 0.155. The van der Waals surface area contributed by atoms with Crippen LogP contribution in [0.1, 0.15) is 22.3 Å². The summed E-state index contributed by atoms with van der Waals surface area (Å²) < 4.78 is 4.30. The average Bonchev–Trinajstić information content (AvgIpc) is 3.44. The molecule has 0 fully saturated rings. The summed E-state index contributed by atoms with van der Waals surface area (Å²) in [7, 11) is 0. The van der Waals surface area contributed by atoms with E-state index in [1.807, 2.05) is 54.6 Å². The standard InChI is InChI=1S/C39H21NO2S/c41-36-25-16-9-18-29-33(25)40-34-26(37(42)32-35(40)28(36)21-27-24-15-7-8-20-31(24)43-38(27)32)17-10-19-30(34)39(29,22-11-3-1-4-12-22)23-13-5-2-6-14-23/h1-21H. The smallest absolute Gasteiger partial charge is 0.198 e. The molecule has 0 unspecified atom stereocenters. The van der Waals surface area contributed by atoms with Gasteiger partial charge in [0.1, 0.15) is 0 Å². The summed E-state index contributed by atoms with van der Waals surface area (Å²) in [4.78, 5) is 29.4. The molecule has 1 aliphatic rings. The van der Waals surface area contributed by atoms with Gasteiger partial charge in [-0.05, 0) is 46.5 Å². The Morgan fingerprint density at radius 2 is 1.05 bits per heavy atom. The highest BCUT2D eigenvalue weighted by molar-refractivity contribution is 7.26. The second-order valence-electron chi connectivity index (χ2n) is 11.5. The van der Waals surface area contributed by atoms with Gasteiger partial charge in [0.25, 0.3) is 0 Å². The lowest BCUT2D eigenvalue weighted by Gasteiger charge is -2.41. The zero-order valence-corrected chi connectivity index (χ0v) is 23.6. The lowest BCUT2D eigenvalue weighted by molar-refractivity contribution is 0.745. The van der Waals surface area contributed by atoms with Gasteiger partial charge in [-0.15, -0.1) is 11.3 Å². The highest BCUT2D eigenvalue weighted by Crippen LogP contribution is 2.52. The van der Waals surface area contributed by atoms with Gasteiger partial charge >= 0.3 is 0 Å². The highest BCUT2D eigenvalue weighted by atomic mass is 32.1. The molecule has 0 atom stereocenters. The van der Waals surface area contributed by atoms with Crippen molar-refractivity contribution in [2.24, 2.45) is 0 Å². The van der Waals surface area contributed by atoms with Crippen LogP contribution < -0.4 is 10.9 Å². The van der Waals surface area contributed by atoms with Crippen LogP contribution in [-0.4, -0.2) is 4.40 Å². The third-order valence-electron chi connectivity index (χ3n) is 9.57. The fourth-order valence-corrected chi connectivity index (χ4v) is 9.16. The number of fused-ring (bicyclic) bond motifs is 4. The Hall–Kier alpha value is -5.32. The maximum Gasteiger partial charge on any atom is 0.198 e. The second kappa shape index (κ2) is 7.94. The predicted octanol–water partition coefficient (Wildman–Crippen LogP) is 8.62. The first-order valence-electron chi connectivity index (χ1n) is 14.5. The van der Waals surface area contributed by atoms with Crippen molar-refractivity contribution in [1.29, 1.82) is 0 Å². The molecule has 0 saturated carbocycles. The second-order valence-corrected chi connectivity index (χ2v) is 12.6. The van der Waals surface area contributed by atoms with Gasteiger partial charge < -0.3 is 4.40 Å². The monoisotopic (exact) mass is 567 g/mol. The van der Waals surface area contributed by atoms with Gasteiger partial charge in [0.05, 0.1) is 27.4 Å². The van der Waals surface area contributed by atoms with Crippen LogP contribution in [0.3, 0.4) is 0 Å². The van der Waals surface area contributed by atoms with Gasteiger partial charge in [-0.25, -0.2) is 0 Å². The van der Waals surface area contributed by atoms with E-state index in [0.717, 1.165) is 59.0 Å². The Labute approximate surface area is 248 Å². The van der Waals surface area contributed by atoms with Gasteiger partial charge in [0, 0.05) is 36.3 Å². The Balaban J connectivity index is 1.58. The molecule has 9 aromatic rings. The van der Waals surface area contributed by atoms with Crippen molar-refractivity contribution in [3.8, 4) is 0 Å². The number of nitrogens with zero attached hydrogens (tertiary/aromatic N) is 1. The maximum atomic E-state index is 14.8. The molecule has 3 aromatic heterocycles. The zero-order chi connectivity index (χ0) is 28.4. The normalized spacial score (nSPS) is 14.0. The molecule has 3 nitrogen and oxygen atoms in total. The zero-order valence-electron chi connectivity index (χ0n) is 22.8. The van der Waals surface area contributed by atoms with Crippen LogP contribution in [0.15, 0.2) is 137 Å². The minimum Gasteiger partial charge on any atom is -0.307 e. The lowest BCUT2D eigenvalue weighted by Crippen LogP contribution is -2.35. The number of pyridine rings is 2. The third kappa shape index (κ3) is 2.62. The van der Waals surface area contributed by atoms with Crippen LogP contribution in [0.5, 0.6) is 0 Å². The van der Waals surface area contributed by atoms with Gasteiger partial charge in [0.15, 0.2) is 10.9 Å². The van der Waals surface area contributed by atoms with Crippen molar-refractivity contribution in [1.82, 2.24) is 4.40 Å². The first-order valence-corrected chi connectivity index (χ1v) is 15.3. The van der Waals surface area contributed by atoms with Crippen molar-refractivity contribution in [2.45, 2.75) is 5.41 Å². The van der Waals surface area contributed by atoms with Crippen LogP contribution in [0.25, 0.3) is 58.3 Å². The number of benzene rings is 6. The maximum absolute atomic E-state index is 14.8. The molecule has 0 saturated heterocycles. The SMILES string of the molecule is O=c1c2cccc3c2n2c4c(cccc4c(=O)c4c5sc6ccccc6c5cc1c42)C3(c1ccccc1)c1ccccc1. The molecule has 4 heterocycles. The van der Waals surface area contributed by atoms with E-state index in [9.17, 15) is 9.59 Å². The van der Waals surface area contributed by atoms with Crippen molar-refractivity contribution in [3.05, 3.63) is 170 Å². The minimum atomic E-state index is -0.729. The van der Waals surface area contributed by atoms with Gasteiger partial charge in [-0.3, -0.25) is 9.59 Å². The Bertz CT molecular complexity index is 2690. The largest absolute Gasteiger partial charge is 0.307 e. The van der Waals surface area contributed by atoms with Crippen LogP contribution in [0, 0.1) is 0 Å². The summed E-state index contributed by atoms with van der Waals surface area (Å²) in [5, 5.41) is 4.62. The molecular formula is C39H21NO2S. The third-order valence-corrected chi connectivity index (χ3v) is 10.8. The fraction of sp³-hybridized carbons (Fsp3) is 0.0256. The van der Waals surface area contributed by atoms with Gasteiger partial charge in [0.2, 0.25) is 0 Å². The molecule has 0 amide bonds. The van der Waals surface area contributed by atoms with E-state index in [1.165, 1.54) is 0 Å². The molecule has 4 heteroatoms. The van der Waals surface area contributed by atoms with E-state index < -0.39 is 5.41 Å². The Kier molecular flexibility index (Phi) is 4.30. The van der Waals surface area contributed by atoms with E-state index in [1.54, 1.807) is 11.3 Å². The molecule has 10 rings (SSSR count).